The van der Waals surface area contributed by atoms with Gasteiger partial charge in [0.2, 0.25) is 5.91 Å². The number of fused-ring (bicyclic) bond motifs is 1. The number of aromatic nitrogens is 6. The molecule has 4 rings (SSSR count). The third-order valence-corrected chi connectivity index (χ3v) is 3.77. The Kier molecular flexibility index (Phi) is 2.78. The summed E-state index contributed by atoms with van der Waals surface area (Å²) in [6.45, 7) is 0.655. The Bertz CT molecular complexity index is 837. The van der Waals surface area contributed by atoms with Crippen molar-refractivity contribution in [3.8, 4) is 0 Å². The third-order valence-electron chi connectivity index (χ3n) is 3.77. The van der Waals surface area contributed by atoms with Crippen LogP contribution in [-0.4, -0.2) is 48.4 Å². The van der Waals surface area contributed by atoms with E-state index in [9.17, 15) is 4.79 Å². The van der Waals surface area contributed by atoms with Crippen LogP contribution in [0.4, 0.5) is 11.5 Å². The smallest absolute Gasteiger partial charge is 0.249 e. The second kappa shape index (κ2) is 4.79. The minimum absolute atomic E-state index is 0.0169. The normalized spacial score (nSPS) is 18.3. The maximum Gasteiger partial charge on any atom is 0.249 e. The van der Waals surface area contributed by atoms with Gasteiger partial charge in [0.25, 0.3) is 0 Å². The number of rotatable bonds is 3. The van der Waals surface area contributed by atoms with Crippen LogP contribution in [0.15, 0.2) is 24.9 Å². The van der Waals surface area contributed by atoms with Crippen molar-refractivity contribution in [3.63, 3.8) is 0 Å². The predicted octanol–water partition coefficient (Wildman–Crippen LogP) is 0.304. The second-order valence-electron chi connectivity index (χ2n) is 5.20. The van der Waals surface area contributed by atoms with E-state index in [1.54, 1.807) is 22.0 Å². The Hall–Kier alpha value is -2.97. The number of hydrogen-bond donors (Lipinski definition) is 2. The molecule has 1 unspecified atom stereocenters. The Balaban J connectivity index is 1.57. The summed E-state index contributed by atoms with van der Waals surface area (Å²) >= 11 is 0. The van der Waals surface area contributed by atoms with E-state index >= 15 is 0 Å². The van der Waals surface area contributed by atoms with Crippen LogP contribution in [0.5, 0.6) is 0 Å². The van der Waals surface area contributed by atoms with Crippen LogP contribution in [0.25, 0.3) is 11.0 Å². The molecule has 0 aliphatic carbocycles. The lowest BCUT2D eigenvalue weighted by atomic mass is 10.2. The first-order valence-corrected chi connectivity index (χ1v) is 6.93. The van der Waals surface area contributed by atoms with Gasteiger partial charge in [0.1, 0.15) is 18.2 Å². The second-order valence-corrected chi connectivity index (χ2v) is 5.20. The van der Waals surface area contributed by atoms with Crippen molar-refractivity contribution in [1.29, 1.82) is 0 Å². The van der Waals surface area contributed by atoms with Crippen LogP contribution in [-0.2, 0) is 11.8 Å². The van der Waals surface area contributed by atoms with Crippen LogP contribution >= 0.6 is 0 Å². The molecular weight excluding hydrogens is 284 g/mol. The van der Waals surface area contributed by atoms with Crippen molar-refractivity contribution in [3.05, 3.63) is 24.9 Å². The highest BCUT2D eigenvalue weighted by Crippen LogP contribution is 2.24. The van der Waals surface area contributed by atoms with Crippen LogP contribution < -0.4 is 10.2 Å². The van der Waals surface area contributed by atoms with Crippen molar-refractivity contribution < 1.29 is 4.79 Å². The molecule has 1 aliphatic heterocycles. The summed E-state index contributed by atoms with van der Waals surface area (Å²) in [4.78, 5) is 22.6. The zero-order valence-corrected chi connectivity index (χ0v) is 11.9. The first-order chi connectivity index (χ1) is 10.7. The van der Waals surface area contributed by atoms with Crippen LogP contribution in [0.3, 0.4) is 0 Å². The van der Waals surface area contributed by atoms with E-state index < -0.39 is 0 Å². The first kappa shape index (κ1) is 12.7. The molecule has 3 aromatic heterocycles. The molecule has 0 saturated carbocycles. The Morgan fingerprint density at radius 2 is 2.27 bits per heavy atom. The highest BCUT2D eigenvalue weighted by molar-refractivity contribution is 6.01. The summed E-state index contributed by atoms with van der Waals surface area (Å²) in [7, 11) is 1.83. The average molecular weight is 298 g/mol. The molecule has 9 heteroatoms. The van der Waals surface area contributed by atoms with E-state index in [0.29, 0.717) is 24.4 Å². The summed E-state index contributed by atoms with van der Waals surface area (Å²) in [6.07, 6.45) is 7.33. The highest BCUT2D eigenvalue weighted by atomic mass is 16.2. The molecule has 3 aromatic rings. The zero-order valence-electron chi connectivity index (χ0n) is 11.9. The molecular formula is C13H14N8O. The Morgan fingerprint density at radius 3 is 3.09 bits per heavy atom. The van der Waals surface area contributed by atoms with E-state index in [-0.39, 0.29) is 11.9 Å². The maximum absolute atomic E-state index is 12.6. The summed E-state index contributed by atoms with van der Waals surface area (Å²) in [5.74, 6) is 0.633. The molecule has 1 aliphatic rings. The molecule has 1 saturated heterocycles. The largest absolute Gasteiger partial charge is 0.358 e. The average Bonchev–Trinajstić information content (AvgIpc) is 3.21. The van der Waals surface area contributed by atoms with Gasteiger partial charge in [-0.2, -0.15) is 10.2 Å². The number of hydrogen-bond acceptors (Lipinski definition) is 6. The molecule has 0 aromatic carbocycles. The van der Waals surface area contributed by atoms with Crippen molar-refractivity contribution in [2.24, 2.45) is 7.05 Å². The number of carbonyl (C=O) groups excluding carboxylic acids is 1. The lowest BCUT2D eigenvalue weighted by molar-refractivity contribution is -0.117. The number of nitrogens with one attached hydrogen (secondary N) is 2. The first-order valence-electron chi connectivity index (χ1n) is 6.93. The molecule has 1 amide bonds. The van der Waals surface area contributed by atoms with Gasteiger partial charge in [0, 0.05) is 19.8 Å². The molecule has 9 nitrogen and oxygen atoms in total. The molecule has 1 atom stereocenters. The van der Waals surface area contributed by atoms with Crippen molar-refractivity contribution in [2.45, 2.75) is 12.5 Å². The van der Waals surface area contributed by atoms with Gasteiger partial charge in [-0.1, -0.05) is 0 Å². The van der Waals surface area contributed by atoms with Gasteiger partial charge in [-0.3, -0.25) is 14.6 Å². The molecule has 22 heavy (non-hydrogen) atoms. The quantitative estimate of drug-likeness (QED) is 0.721. The molecule has 0 spiro atoms. The molecule has 0 radical (unpaired) electrons. The lowest BCUT2D eigenvalue weighted by Gasteiger charge is -2.15. The molecule has 2 N–H and O–H groups in total. The Morgan fingerprint density at radius 1 is 1.36 bits per heavy atom. The van der Waals surface area contributed by atoms with Gasteiger partial charge in [-0.25, -0.2) is 9.97 Å². The monoisotopic (exact) mass is 298 g/mol. The van der Waals surface area contributed by atoms with Crippen molar-refractivity contribution in [1.82, 2.24) is 29.9 Å². The summed E-state index contributed by atoms with van der Waals surface area (Å²) < 4.78 is 1.68. The fraction of sp³-hybridized carbons (Fsp3) is 0.308. The number of nitrogens with zero attached hydrogens (tertiary/aromatic N) is 6. The van der Waals surface area contributed by atoms with Gasteiger partial charge in [-0.05, 0) is 6.42 Å². The molecule has 4 heterocycles. The fourth-order valence-electron chi connectivity index (χ4n) is 2.66. The van der Waals surface area contributed by atoms with Gasteiger partial charge in [0.15, 0.2) is 5.65 Å². The van der Waals surface area contributed by atoms with E-state index in [1.165, 1.54) is 6.33 Å². The minimum Gasteiger partial charge on any atom is -0.358 e. The number of anilines is 2. The summed E-state index contributed by atoms with van der Waals surface area (Å²) in [5, 5.41) is 14.8. The summed E-state index contributed by atoms with van der Waals surface area (Å²) in [6, 6.07) is -0.312. The van der Waals surface area contributed by atoms with Crippen LogP contribution in [0.2, 0.25) is 0 Å². The van der Waals surface area contributed by atoms with E-state index in [0.717, 1.165) is 11.1 Å². The Labute approximate surface area is 125 Å². The van der Waals surface area contributed by atoms with E-state index in [1.807, 2.05) is 13.2 Å². The van der Waals surface area contributed by atoms with E-state index in [2.05, 4.69) is 30.6 Å². The van der Waals surface area contributed by atoms with Crippen molar-refractivity contribution >= 4 is 28.4 Å². The number of H-pyrrole nitrogens is 1. The number of carbonyl (C=O) groups is 1. The van der Waals surface area contributed by atoms with Crippen LogP contribution in [0, 0.1) is 0 Å². The summed E-state index contributed by atoms with van der Waals surface area (Å²) in [5.41, 5.74) is 1.46. The molecule has 0 bridgehead atoms. The van der Waals surface area contributed by atoms with Gasteiger partial charge in [0.05, 0.1) is 23.5 Å². The molecule has 1 fully saturated rings. The maximum atomic E-state index is 12.6. The predicted molar refractivity (Wildman–Crippen MR) is 79.3 cm³/mol. The topological polar surface area (TPSA) is 105 Å². The number of aryl methyl sites for hydroxylation is 1. The fourth-order valence-corrected chi connectivity index (χ4v) is 2.66. The standard InChI is InChI=1S/C13H14N8O/c1-20-6-8(4-17-20)21-3-2-10(13(21)22)18-11-9-5-16-19-12(9)15-7-14-11/h4-7,10H,2-3H2,1H3,(H2,14,15,16,18,19). The number of amides is 1. The van der Waals surface area contributed by atoms with Gasteiger partial charge in [-0.15, -0.1) is 0 Å². The third kappa shape index (κ3) is 1.98. The molecule has 112 valence electrons. The highest BCUT2D eigenvalue weighted by Gasteiger charge is 2.33. The number of aromatic amines is 1. The van der Waals surface area contributed by atoms with Gasteiger partial charge >= 0.3 is 0 Å². The van der Waals surface area contributed by atoms with Crippen molar-refractivity contribution in [2.75, 3.05) is 16.8 Å². The van der Waals surface area contributed by atoms with Crippen LogP contribution in [0.1, 0.15) is 6.42 Å². The van der Waals surface area contributed by atoms with Gasteiger partial charge < -0.3 is 10.2 Å². The zero-order chi connectivity index (χ0) is 15.1. The lowest BCUT2D eigenvalue weighted by Crippen LogP contribution is -2.33. The van der Waals surface area contributed by atoms with E-state index in [4.69, 9.17) is 0 Å². The SMILES string of the molecule is Cn1cc(N2CCC(Nc3ncnc4[nH]ncc34)C2=O)cn1. The minimum atomic E-state index is -0.312.